The number of benzene rings is 1. The molecular weight excluding hydrogens is 546 g/mol. The number of anilines is 4. The van der Waals surface area contributed by atoms with Gasteiger partial charge in [-0.15, -0.1) is 0 Å². The van der Waals surface area contributed by atoms with E-state index in [0.29, 0.717) is 47.8 Å². The highest BCUT2D eigenvalue weighted by Crippen LogP contribution is 2.40. The van der Waals surface area contributed by atoms with E-state index in [1.54, 1.807) is 37.4 Å². The lowest BCUT2D eigenvalue weighted by Crippen LogP contribution is -2.55. The minimum atomic E-state index is -0.239. The summed E-state index contributed by atoms with van der Waals surface area (Å²) < 4.78 is 5.64. The fourth-order valence-electron chi connectivity index (χ4n) is 7.16. The molecule has 11 nitrogen and oxygen atoms in total. The van der Waals surface area contributed by atoms with Crippen molar-refractivity contribution in [2.45, 2.75) is 70.4 Å². The number of carbonyl (C=O) groups is 2. The van der Waals surface area contributed by atoms with E-state index in [1.807, 2.05) is 6.07 Å². The van der Waals surface area contributed by atoms with Crippen molar-refractivity contribution in [3.63, 3.8) is 0 Å². The molecule has 3 heterocycles. The Labute approximate surface area is 255 Å². The first-order valence-corrected chi connectivity index (χ1v) is 15.8. The molecule has 2 amide bonds. The average Bonchev–Trinajstić information content (AvgIpc) is 3.66. The van der Waals surface area contributed by atoms with Gasteiger partial charge in [-0.3, -0.25) is 9.59 Å². The molecular formula is C32H47N7O4. The number of aromatic nitrogens is 2. The molecule has 0 spiro atoms. The van der Waals surface area contributed by atoms with Crippen molar-refractivity contribution in [2.75, 3.05) is 62.6 Å². The minimum Gasteiger partial charge on any atom is -0.495 e. The maximum Gasteiger partial charge on any atom is 0.251 e. The van der Waals surface area contributed by atoms with Crippen molar-refractivity contribution < 1.29 is 19.4 Å². The zero-order valence-corrected chi connectivity index (χ0v) is 26.0. The number of methoxy groups -OCH3 is 1. The predicted molar refractivity (Wildman–Crippen MR) is 168 cm³/mol. The van der Waals surface area contributed by atoms with E-state index in [2.05, 4.69) is 39.4 Å². The third kappa shape index (κ3) is 6.72. The van der Waals surface area contributed by atoms with E-state index >= 15 is 0 Å². The molecule has 1 aromatic carbocycles. The van der Waals surface area contributed by atoms with Gasteiger partial charge < -0.3 is 35.2 Å². The summed E-state index contributed by atoms with van der Waals surface area (Å²) in [7, 11) is 5.50. The smallest absolute Gasteiger partial charge is 0.251 e. The molecule has 1 unspecified atom stereocenters. The molecule has 1 aliphatic carbocycles. The highest BCUT2D eigenvalue weighted by molar-refractivity contribution is 6.04. The van der Waals surface area contributed by atoms with Crippen LogP contribution in [-0.2, 0) is 4.79 Å². The van der Waals surface area contributed by atoms with E-state index in [9.17, 15) is 14.7 Å². The number of carbonyl (C=O) groups excluding carboxylic acids is 2. The SMILES string of the molecule is CC[C@@H]1C(=O)N(C)c2cnc(Nc3ccc(C(=O)NCCCC4CN(C)C[C@H]4CCO)cc3OC)nc2N1C1CCCC1. The Morgan fingerprint density at radius 3 is 2.58 bits per heavy atom. The maximum atomic E-state index is 13.2. The maximum absolute atomic E-state index is 13.2. The van der Waals surface area contributed by atoms with Crippen LogP contribution in [0.2, 0.25) is 0 Å². The summed E-state index contributed by atoms with van der Waals surface area (Å²) in [5, 5.41) is 15.7. The van der Waals surface area contributed by atoms with Crippen molar-refractivity contribution in [3.05, 3.63) is 30.0 Å². The Hall–Kier alpha value is -3.44. The van der Waals surface area contributed by atoms with Gasteiger partial charge in [-0.2, -0.15) is 4.98 Å². The number of rotatable bonds is 12. The Morgan fingerprint density at radius 2 is 1.88 bits per heavy atom. The van der Waals surface area contributed by atoms with Gasteiger partial charge in [-0.05, 0) is 75.6 Å². The lowest BCUT2D eigenvalue weighted by Gasteiger charge is -2.43. The number of likely N-dealkylation sites (N-methyl/N-ethyl adjacent to an activating group) is 1. The van der Waals surface area contributed by atoms with Crippen LogP contribution in [-0.4, -0.2) is 91.3 Å². The van der Waals surface area contributed by atoms with Gasteiger partial charge in [0.05, 0.1) is 19.0 Å². The van der Waals surface area contributed by atoms with Crippen molar-refractivity contribution >= 4 is 35.0 Å². The second kappa shape index (κ2) is 13.9. The fraction of sp³-hybridized carbons (Fsp3) is 0.625. The van der Waals surface area contributed by atoms with Crippen LogP contribution >= 0.6 is 0 Å². The van der Waals surface area contributed by atoms with Crippen LogP contribution in [0.5, 0.6) is 5.75 Å². The zero-order chi connectivity index (χ0) is 30.5. The van der Waals surface area contributed by atoms with Crippen LogP contribution < -0.4 is 25.2 Å². The predicted octanol–water partition coefficient (Wildman–Crippen LogP) is 3.80. The molecule has 0 radical (unpaired) electrons. The van der Waals surface area contributed by atoms with Gasteiger partial charge >= 0.3 is 0 Å². The molecule has 2 fully saturated rings. The van der Waals surface area contributed by atoms with E-state index in [1.165, 1.54) is 0 Å². The van der Waals surface area contributed by atoms with Crippen LogP contribution in [0.15, 0.2) is 24.4 Å². The molecule has 3 atom stereocenters. The summed E-state index contributed by atoms with van der Waals surface area (Å²) >= 11 is 0. The fourth-order valence-corrected chi connectivity index (χ4v) is 7.16. The molecule has 1 aromatic heterocycles. The lowest BCUT2D eigenvalue weighted by atomic mass is 9.89. The number of fused-ring (bicyclic) bond motifs is 1. The molecule has 1 saturated carbocycles. The normalized spacial score (nSPS) is 22.6. The Balaban J connectivity index is 1.25. The van der Waals surface area contributed by atoms with Gasteiger partial charge in [-0.25, -0.2) is 4.98 Å². The molecule has 11 heteroatoms. The van der Waals surface area contributed by atoms with E-state index in [4.69, 9.17) is 9.72 Å². The summed E-state index contributed by atoms with van der Waals surface area (Å²) in [6.45, 7) is 4.96. The number of nitrogens with one attached hydrogen (secondary N) is 2. The summed E-state index contributed by atoms with van der Waals surface area (Å²) in [5.41, 5.74) is 1.89. The molecule has 234 valence electrons. The quantitative estimate of drug-likeness (QED) is 0.315. The first-order chi connectivity index (χ1) is 20.8. The van der Waals surface area contributed by atoms with Gasteiger partial charge in [0, 0.05) is 44.9 Å². The summed E-state index contributed by atoms with van der Waals surface area (Å²) in [5.74, 6) is 2.73. The largest absolute Gasteiger partial charge is 0.495 e. The lowest BCUT2D eigenvalue weighted by molar-refractivity contribution is -0.120. The Bertz CT molecular complexity index is 1280. The molecule has 5 rings (SSSR count). The standard InChI is InChI=1S/C32H47N7O4/c1-5-26-31(42)38(3)27-18-34-32(36-29(27)39(26)24-10-6-7-11-24)35-25-13-12-21(17-28(25)43-4)30(41)33-15-8-9-22-19-37(2)20-23(22)14-16-40/h12-13,17-18,22-24,26,40H,5-11,14-16,19-20H2,1-4H3,(H,33,41)(H,34,35,36)/t22?,23-,26-/m1/s1. The topological polar surface area (TPSA) is 123 Å². The number of nitrogens with zero attached hydrogens (tertiary/aromatic N) is 5. The van der Waals surface area contributed by atoms with Crippen LogP contribution in [0, 0.1) is 11.8 Å². The zero-order valence-electron chi connectivity index (χ0n) is 26.0. The highest BCUT2D eigenvalue weighted by atomic mass is 16.5. The van der Waals surface area contributed by atoms with Crippen LogP contribution in [0.3, 0.4) is 0 Å². The molecule has 1 saturated heterocycles. The molecule has 0 bridgehead atoms. The van der Waals surface area contributed by atoms with Crippen LogP contribution in [0.4, 0.5) is 23.1 Å². The Morgan fingerprint density at radius 1 is 1.14 bits per heavy atom. The molecule has 2 aliphatic heterocycles. The number of aliphatic hydroxyl groups is 1. The van der Waals surface area contributed by atoms with E-state index in [0.717, 1.165) is 69.5 Å². The van der Waals surface area contributed by atoms with Crippen molar-refractivity contribution in [1.82, 2.24) is 20.2 Å². The summed E-state index contributed by atoms with van der Waals surface area (Å²) in [4.78, 5) is 41.8. The summed E-state index contributed by atoms with van der Waals surface area (Å²) in [6, 6.07) is 5.36. The van der Waals surface area contributed by atoms with Gasteiger partial charge in [0.15, 0.2) is 5.82 Å². The molecule has 2 aromatic rings. The monoisotopic (exact) mass is 593 g/mol. The molecule has 3 aliphatic rings. The van der Waals surface area contributed by atoms with Crippen molar-refractivity contribution in [1.29, 1.82) is 0 Å². The average molecular weight is 594 g/mol. The first-order valence-electron chi connectivity index (χ1n) is 15.8. The Kier molecular flexibility index (Phi) is 10.0. The number of hydrogen-bond donors (Lipinski definition) is 3. The number of ether oxygens (including phenoxy) is 1. The summed E-state index contributed by atoms with van der Waals surface area (Å²) in [6.07, 6.45) is 9.62. The third-order valence-corrected chi connectivity index (χ3v) is 9.42. The van der Waals surface area contributed by atoms with E-state index < -0.39 is 0 Å². The van der Waals surface area contributed by atoms with Crippen molar-refractivity contribution in [3.8, 4) is 5.75 Å². The van der Waals surface area contributed by atoms with Crippen molar-refractivity contribution in [2.24, 2.45) is 11.8 Å². The number of hydrogen-bond acceptors (Lipinski definition) is 9. The van der Waals surface area contributed by atoms with Gasteiger partial charge in [-0.1, -0.05) is 19.8 Å². The van der Waals surface area contributed by atoms with E-state index in [-0.39, 0.29) is 30.5 Å². The number of amides is 2. The first kappa shape index (κ1) is 31.0. The van der Waals surface area contributed by atoms with Gasteiger partial charge in [0.1, 0.15) is 17.5 Å². The van der Waals surface area contributed by atoms with Crippen LogP contribution in [0.25, 0.3) is 0 Å². The number of aliphatic hydroxyl groups excluding tert-OH is 1. The third-order valence-electron chi connectivity index (χ3n) is 9.42. The van der Waals surface area contributed by atoms with Gasteiger partial charge in [0.2, 0.25) is 11.9 Å². The highest BCUT2D eigenvalue weighted by Gasteiger charge is 2.41. The molecule has 43 heavy (non-hydrogen) atoms. The second-order valence-electron chi connectivity index (χ2n) is 12.3. The number of likely N-dealkylation sites (tertiary alicyclic amines) is 1. The van der Waals surface area contributed by atoms with Gasteiger partial charge in [0.25, 0.3) is 5.91 Å². The minimum absolute atomic E-state index is 0.0822. The second-order valence-corrected chi connectivity index (χ2v) is 12.3. The molecule has 3 N–H and O–H groups in total. The van der Waals surface area contributed by atoms with Crippen LogP contribution in [0.1, 0.15) is 68.6 Å².